The summed E-state index contributed by atoms with van der Waals surface area (Å²) in [6.45, 7) is 4.83. The molecule has 1 saturated heterocycles. The van der Waals surface area contributed by atoms with Gasteiger partial charge < -0.3 is 5.32 Å². The van der Waals surface area contributed by atoms with Crippen molar-refractivity contribution < 1.29 is 12.6 Å². The van der Waals surface area contributed by atoms with Crippen molar-refractivity contribution in [1.29, 1.82) is 0 Å². The average Bonchev–Trinajstić information content (AvgIpc) is 2.56. The average molecular weight is 345 g/mol. The zero-order valence-corrected chi connectivity index (χ0v) is 14.8. The normalized spacial score (nSPS) is 21.6. The van der Waals surface area contributed by atoms with Crippen LogP contribution in [0.25, 0.3) is 0 Å². The summed E-state index contributed by atoms with van der Waals surface area (Å²) >= 11 is 0. The fraction of sp³-hybridized carbons (Fsp3) is 0.368. The van der Waals surface area contributed by atoms with Crippen LogP contribution in [-0.2, 0) is 14.3 Å². The van der Waals surface area contributed by atoms with Crippen LogP contribution in [0.15, 0.2) is 53.4 Å². The first-order valence-electron chi connectivity index (χ1n) is 8.26. The van der Waals surface area contributed by atoms with Gasteiger partial charge in [0.15, 0.2) is 0 Å². The number of nitrogens with one attached hydrogen (secondary N) is 1. The Balaban J connectivity index is 1.83. The minimum Gasteiger partial charge on any atom is -0.308 e. The molecule has 128 valence electrons. The summed E-state index contributed by atoms with van der Waals surface area (Å²) in [6, 6.07) is 14.8. The van der Waals surface area contributed by atoms with Crippen LogP contribution >= 0.6 is 0 Å². The van der Waals surface area contributed by atoms with Gasteiger partial charge in [-0.3, -0.25) is 4.18 Å². The molecule has 2 aromatic carbocycles. The number of aryl methyl sites for hydroxylation is 2. The number of hydrogen-bond acceptors (Lipinski definition) is 4. The summed E-state index contributed by atoms with van der Waals surface area (Å²) in [5.41, 5.74) is 3.26. The topological polar surface area (TPSA) is 55.4 Å². The van der Waals surface area contributed by atoms with Crippen LogP contribution in [0.4, 0.5) is 0 Å². The maximum atomic E-state index is 12.6. The van der Waals surface area contributed by atoms with Gasteiger partial charge in [-0.1, -0.05) is 47.5 Å². The number of benzene rings is 2. The third kappa shape index (κ3) is 3.86. The second kappa shape index (κ2) is 7.05. The molecule has 5 heteroatoms. The Labute approximate surface area is 144 Å². The van der Waals surface area contributed by atoms with E-state index in [0.717, 1.165) is 30.5 Å². The highest BCUT2D eigenvalue weighted by Gasteiger charge is 2.31. The van der Waals surface area contributed by atoms with Crippen molar-refractivity contribution in [3.05, 3.63) is 65.2 Å². The van der Waals surface area contributed by atoms with Crippen molar-refractivity contribution in [2.24, 2.45) is 0 Å². The molecular formula is C19H23NO3S. The van der Waals surface area contributed by atoms with Gasteiger partial charge in [-0.15, -0.1) is 0 Å². The van der Waals surface area contributed by atoms with Crippen molar-refractivity contribution in [3.63, 3.8) is 0 Å². The van der Waals surface area contributed by atoms with E-state index in [9.17, 15) is 8.42 Å². The predicted molar refractivity (Wildman–Crippen MR) is 94.4 cm³/mol. The van der Waals surface area contributed by atoms with Gasteiger partial charge in [0.1, 0.15) is 0 Å². The first-order chi connectivity index (χ1) is 11.5. The summed E-state index contributed by atoms with van der Waals surface area (Å²) in [6.07, 6.45) is 1.22. The maximum Gasteiger partial charge on any atom is 0.297 e. The lowest BCUT2D eigenvalue weighted by atomic mass is 9.94. The SMILES string of the molecule is Cc1ccc(C2NCCCC2OS(=O)(=O)c2ccc(C)cc2)cc1. The molecular weight excluding hydrogens is 322 g/mol. The highest BCUT2D eigenvalue weighted by atomic mass is 32.2. The lowest BCUT2D eigenvalue weighted by Gasteiger charge is -2.32. The van der Waals surface area contributed by atoms with Crippen molar-refractivity contribution in [2.45, 2.75) is 43.7 Å². The molecule has 0 spiro atoms. The lowest BCUT2D eigenvalue weighted by Crippen LogP contribution is -2.40. The Morgan fingerprint density at radius 1 is 0.958 bits per heavy atom. The molecule has 1 N–H and O–H groups in total. The molecule has 1 heterocycles. The van der Waals surface area contributed by atoms with Gasteiger partial charge >= 0.3 is 0 Å². The van der Waals surface area contributed by atoms with Crippen LogP contribution in [0.3, 0.4) is 0 Å². The minimum atomic E-state index is -3.77. The van der Waals surface area contributed by atoms with Crippen LogP contribution in [0.1, 0.15) is 35.6 Å². The van der Waals surface area contributed by atoms with E-state index in [1.54, 1.807) is 24.3 Å². The highest BCUT2D eigenvalue weighted by molar-refractivity contribution is 7.86. The molecule has 1 fully saturated rings. The molecule has 0 saturated carbocycles. The van der Waals surface area contributed by atoms with E-state index in [-0.39, 0.29) is 10.9 Å². The van der Waals surface area contributed by atoms with Crippen LogP contribution in [0.2, 0.25) is 0 Å². The fourth-order valence-electron chi connectivity index (χ4n) is 2.99. The Kier molecular flexibility index (Phi) is 5.04. The van der Waals surface area contributed by atoms with E-state index in [2.05, 4.69) is 5.32 Å². The van der Waals surface area contributed by atoms with Gasteiger partial charge in [-0.25, -0.2) is 0 Å². The monoisotopic (exact) mass is 345 g/mol. The quantitative estimate of drug-likeness (QED) is 0.862. The summed E-state index contributed by atoms with van der Waals surface area (Å²) in [5, 5.41) is 3.40. The summed E-state index contributed by atoms with van der Waals surface area (Å²) in [7, 11) is -3.77. The molecule has 2 unspecified atom stereocenters. The second-order valence-electron chi connectivity index (χ2n) is 6.39. The van der Waals surface area contributed by atoms with Crippen molar-refractivity contribution >= 4 is 10.1 Å². The summed E-state index contributed by atoms with van der Waals surface area (Å²) < 4.78 is 30.8. The van der Waals surface area contributed by atoms with Gasteiger partial charge in [0.2, 0.25) is 0 Å². The van der Waals surface area contributed by atoms with Gasteiger partial charge in [0, 0.05) is 0 Å². The molecule has 2 aromatic rings. The largest absolute Gasteiger partial charge is 0.308 e. The standard InChI is InChI=1S/C19H23NO3S/c1-14-5-9-16(10-6-14)19-18(4-3-13-20-19)23-24(21,22)17-11-7-15(2)8-12-17/h5-12,18-20H,3-4,13H2,1-2H3. The van der Waals surface area contributed by atoms with Crippen LogP contribution in [0.5, 0.6) is 0 Å². The second-order valence-corrected chi connectivity index (χ2v) is 7.96. The summed E-state index contributed by atoms with van der Waals surface area (Å²) in [5.74, 6) is 0. The Hall–Kier alpha value is -1.69. The van der Waals surface area contributed by atoms with Gasteiger partial charge in [-0.2, -0.15) is 8.42 Å². The number of rotatable bonds is 4. The number of hydrogen-bond donors (Lipinski definition) is 1. The van der Waals surface area contributed by atoms with Gasteiger partial charge in [0.25, 0.3) is 10.1 Å². The van der Waals surface area contributed by atoms with Crippen LogP contribution < -0.4 is 5.32 Å². The Morgan fingerprint density at radius 2 is 1.54 bits per heavy atom. The van der Waals surface area contributed by atoms with E-state index >= 15 is 0 Å². The van der Waals surface area contributed by atoms with Crippen molar-refractivity contribution in [2.75, 3.05) is 6.54 Å². The Bertz CT molecular complexity index is 782. The first-order valence-corrected chi connectivity index (χ1v) is 9.66. The molecule has 0 aliphatic carbocycles. The van der Waals surface area contributed by atoms with Crippen molar-refractivity contribution in [3.8, 4) is 0 Å². The van der Waals surface area contributed by atoms with E-state index in [1.165, 1.54) is 5.56 Å². The molecule has 24 heavy (non-hydrogen) atoms. The first kappa shape index (κ1) is 17.1. The predicted octanol–water partition coefficient (Wildman–Crippen LogP) is 3.50. The molecule has 0 aromatic heterocycles. The summed E-state index contributed by atoms with van der Waals surface area (Å²) in [4.78, 5) is 0.210. The molecule has 0 amide bonds. The fourth-order valence-corrected chi connectivity index (χ4v) is 4.11. The van der Waals surface area contributed by atoms with Gasteiger partial charge in [-0.05, 0) is 50.9 Å². The minimum absolute atomic E-state index is 0.112. The molecule has 3 rings (SSSR count). The third-order valence-electron chi connectivity index (χ3n) is 4.40. The zero-order valence-electron chi connectivity index (χ0n) is 14.0. The molecule has 4 nitrogen and oxygen atoms in total. The van der Waals surface area contributed by atoms with E-state index in [4.69, 9.17) is 4.18 Å². The molecule has 1 aliphatic heterocycles. The van der Waals surface area contributed by atoms with Gasteiger partial charge in [0.05, 0.1) is 17.0 Å². The molecule has 0 bridgehead atoms. The van der Waals surface area contributed by atoms with E-state index in [1.807, 2.05) is 38.1 Å². The van der Waals surface area contributed by atoms with Crippen LogP contribution in [-0.4, -0.2) is 21.1 Å². The third-order valence-corrected chi connectivity index (χ3v) is 5.75. The maximum absolute atomic E-state index is 12.6. The molecule has 0 radical (unpaired) electrons. The zero-order chi connectivity index (χ0) is 17.2. The molecule has 1 aliphatic rings. The lowest BCUT2D eigenvalue weighted by molar-refractivity contribution is 0.127. The smallest absolute Gasteiger partial charge is 0.297 e. The molecule has 2 atom stereocenters. The van der Waals surface area contributed by atoms with Crippen LogP contribution in [0, 0.1) is 13.8 Å². The van der Waals surface area contributed by atoms with E-state index in [0.29, 0.717) is 0 Å². The van der Waals surface area contributed by atoms with E-state index < -0.39 is 16.2 Å². The Morgan fingerprint density at radius 3 is 2.17 bits per heavy atom. The highest BCUT2D eigenvalue weighted by Crippen LogP contribution is 2.29. The number of piperidine rings is 1. The van der Waals surface area contributed by atoms with Crippen molar-refractivity contribution in [1.82, 2.24) is 5.32 Å².